The summed E-state index contributed by atoms with van der Waals surface area (Å²) in [4.78, 5) is 11.6. The molecule has 1 amide bonds. The normalized spacial score (nSPS) is 9.85. The van der Waals surface area contributed by atoms with Crippen molar-refractivity contribution in [3.63, 3.8) is 0 Å². The van der Waals surface area contributed by atoms with E-state index in [9.17, 15) is 4.79 Å². The minimum absolute atomic E-state index is 0.322. The highest BCUT2D eigenvalue weighted by Crippen LogP contribution is 2.14. The van der Waals surface area contributed by atoms with E-state index in [4.69, 9.17) is 10.6 Å². The summed E-state index contributed by atoms with van der Waals surface area (Å²) in [5, 5.41) is 3.16. The monoisotopic (exact) mass is 271 g/mol. The third kappa shape index (κ3) is 3.73. The number of ether oxygens (including phenoxy) is 1. The average Bonchev–Trinajstić information content (AvgIpc) is 2.52. The maximum absolute atomic E-state index is 11.6. The fraction of sp³-hybridized carbons (Fsp3) is 0.133. The molecule has 5 nitrogen and oxygen atoms in total. The Morgan fingerprint density at radius 3 is 2.50 bits per heavy atom. The number of amides is 1. The summed E-state index contributed by atoms with van der Waals surface area (Å²) >= 11 is 0. The number of nitrogens with one attached hydrogen (secondary N) is 2. The number of benzene rings is 2. The van der Waals surface area contributed by atoms with Crippen LogP contribution in [0.5, 0.6) is 5.75 Å². The van der Waals surface area contributed by atoms with Gasteiger partial charge in [0.25, 0.3) is 5.91 Å². The Labute approximate surface area is 117 Å². The highest BCUT2D eigenvalue weighted by atomic mass is 16.5. The second-order valence-electron chi connectivity index (χ2n) is 4.11. The molecule has 2 aromatic rings. The minimum atomic E-state index is -0.322. The molecule has 0 unspecified atom stereocenters. The zero-order valence-electron chi connectivity index (χ0n) is 11.0. The summed E-state index contributed by atoms with van der Waals surface area (Å²) in [6.07, 6.45) is 0. The number of hydrogen-bond acceptors (Lipinski definition) is 4. The van der Waals surface area contributed by atoms with Crippen LogP contribution in [-0.2, 0) is 0 Å². The van der Waals surface area contributed by atoms with Crippen molar-refractivity contribution in [1.29, 1.82) is 0 Å². The van der Waals surface area contributed by atoms with Gasteiger partial charge in [-0.3, -0.25) is 10.2 Å². The van der Waals surface area contributed by atoms with E-state index in [1.165, 1.54) is 0 Å². The van der Waals surface area contributed by atoms with E-state index in [1.54, 1.807) is 12.1 Å². The molecule has 5 heteroatoms. The number of para-hydroxylation sites is 2. The Balaban J connectivity index is 1.87. The first kappa shape index (κ1) is 13.9. The van der Waals surface area contributed by atoms with Crippen LogP contribution in [0, 0.1) is 0 Å². The zero-order chi connectivity index (χ0) is 14.2. The van der Waals surface area contributed by atoms with E-state index in [1.807, 2.05) is 42.5 Å². The molecule has 0 saturated carbocycles. The van der Waals surface area contributed by atoms with Crippen LogP contribution >= 0.6 is 0 Å². The molecule has 0 aromatic heterocycles. The van der Waals surface area contributed by atoms with Crippen molar-refractivity contribution in [2.45, 2.75) is 0 Å². The van der Waals surface area contributed by atoms with Crippen LogP contribution in [0.2, 0.25) is 0 Å². The first-order valence-electron chi connectivity index (χ1n) is 6.33. The highest BCUT2D eigenvalue weighted by molar-refractivity contribution is 5.99. The summed E-state index contributed by atoms with van der Waals surface area (Å²) in [6, 6.07) is 16.8. The molecule has 0 atom stereocenters. The van der Waals surface area contributed by atoms with Crippen LogP contribution in [-0.4, -0.2) is 19.1 Å². The van der Waals surface area contributed by atoms with Crippen molar-refractivity contribution in [1.82, 2.24) is 5.43 Å². The van der Waals surface area contributed by atoms with E-state index in [-0.39, 0.29) is 5.91 Å². The number of carbonyl (C=O) groups excluding carboxylic acids is 1. The third-order valence-electron chi connectivity index (χ3n) is 2.73. The lowest BCUT2D eigenvalue weighted by molar-refractivity contribution is 0.0954. The molecule has 0 saturated heterocycles. The molecule has 0 aliphatic heterocycles. The Hall–Kier alpha value is -2.53. The van der Waals surface area contributed by atoms with Gasteiger partial charge >= 0.3 is 0 Å². The molecule has 0 heterocycles. The van der Waals surface area contributed by atoms with E-state index in [2.05, 4.69) is 10.7 Å². The van der Waals surface area contributed by atoms with Crippen LogP contribution in [0.4, 0.5) is 5.69 Å². The van der Waals surface area contributed by atoms with Gasteiger partial charge in [-0.2, -0.15) is 0 Å². The number of carbonyl (C=O) groups is 1. The van der Waals surface area contributed by atoms with Crippen LogP contribution < -0.4 is 21.3 Å². The van der Waals surface area contributed by atoms with Crippen molar-refractivity contribution in [2.24, 2.45) is 5.84 Å². The van der Waals surface area contributed by atoms with Gasteiger partial charge < -0.3 is 10.1 Å². The maximum atomic E-state index is 11.6. The summed E-state index contributed by atoms with van der Waals surface area (Å²) in [7, 11) is 0. The molecule has 0 aliphatic carbocycles. The molecular formula is C15H17N3O2. The standard InChI is InChI=1S/C15H17N3O2/c16-18-15(19)13-8-4-5-9-14(13)17-10-11-20-12-6-2-1-3-7-12/h1-9,17H,10-11,16H2,(H,18,19). The molecule has 0 radical (unpaired) electrons. The highest BCUT2D eigenvalue weighted by Gasteiger charge is 2.08. The van der Waals surface area contributed by atoms with Crippen LogP contribution in [0.25, 0.3) is 0 Å². The SMILES string of the molecule is NNC(=O)c1ccccc1NCCOc1ccccc1. The number of nitrogen functional groups attached to an aromatic ring is 1. The Morgan fingerprint density at radius 1 is 1.05 bits per heavy atom. The molecule has 4 N–H and O–H groups in total. The smallest absolute Gasteiger partial charge is 0.267 e. The van der Waals surface area contributed by atoms with Crippen molar-refractivity contribution in [3.05, 3.63) is 60.2 Å². The Bertz CT molecular complexity index is 558. The molecule has 0 bridgehead atoms. The van der Waals surface area contributed by atoms with Crippen molar-refractivity contribution in [3.8, 4) is 5.75 Å². The van der Waals surface area contributed by atoms with Crippen molar-refractivity contribution < 1.29 is 9.53 Å². The van der Waals surface area contributed by atoms with Crippen molar-refractivity contribution in [2.75, 3.05) is 18.5 Å². The van der Waals surface area contributed by atoms with Gasteiger partial charge in [0.1, 0.15) is 12.4 Å². The molecular weight excluding hydrogens is 254 g/mol. The van der Waals surface area contributed by atoms with Gasteiger partial charge in [-0.1, -0.05) is 30.3 Å². The second kappa shape index (κ2) is 7.16. The summed E-state index contributed by atoms with van der Waals surface area (Å²) in [6.45, 7) is 1.09. The van der Waals surface area contributed by atoms with Gasteiger partial charge in [0.2, 0.25) is 0 Å². The lowest BCUT2D eigenvalue weighted by atomic mass is 10.1. The summed E-state index contributed by atoms with van der Waals surface area (Å²) in [5.74, 6) is 5.65. The van der Waals surface area contributed by atoms with Crippen LogP contribution in [0.3, 0.4) is 0 Å². The van der Waals surface area contributed by atoms with Gasteiger partial charge in [-0.25, -0.2) is 5.84 Å². The van der Waals surface area contributed by atoms with Crippen LogP contribution in [0.15, 0.2) is 54.6 Å². The molecule has 104 valence electrons. The number of hydrogen-bond donors (Lipinski definition) is 3. The molecule has 0 spiro atoms. The first-order chi connectivity index (χ1) is 9.81. The Morgan fingerprint density at radius 2 is 1.75 bits per heavy atom. The first-order valence-corrected chi connectivity index (χ1v) is 6.33. The number of nitrogens with two attached hydrogens (primary N) is 1. The average molecular weight is 271 g/mol. The summed E-state index contributed by atoms with van der Waals surface area (Å²) in [5.41, 5.74) is 3.37. The minimum Gasteiger partial charge on any atom is -0.492 e. The molecule has 0 aliphatic rings. The third-order valence-corrected chi connectivity index (χ3v) is 2.73. The Kier molecular flexibility index (Phi) is 4.97. The molecule has 0 fully saturated rings. The van der Waals surface area contributed by atoms with Crippen LogP contribution in [0.1, 0.15) is 10.4 Å². The maximum Gasteiger partial charge on any atom is 0.267 e. The predicted molar refractivity (Wildman–Crippen MR) is 78.5 cm³/mol. The fourth-order valence-electron chi connectivity index (χ4n) is 1.78. The van der Waals surface area contributed by atoms with Gasteiger partial charge in [0, 0.05) is 12.2 Å². The van der Waals surface area contributed by atoms with E-state index < -0.39 is 0 Å². The predicted octanol–water partition coefficient (Wildman–Crippen LogP) is 1.78. The van der Waals surface area contributed by atoms with Gasteiger partial charge in [-0.05, 0) is 24.3 Å². The number of hydrazine groups is 1. The number of anilines is 1. The van der Waals surface area contributed by atoms with Gasteiger partial charge in [-0.15, -0.1) is 0 Å². The van der Waals surface area contributed by atoms with E-state index in [0.717, 1.165) is 11.4 Å². The molecule has 2 aromatic carbocycles. The van der Waals surface area contributed by atoms with E-state index in [0.29, 0.717) is 18.7 Å². The second-order valence-corrected chi connectivity index (χ2v) is 4.11. The summed E-state index contributed by atoms with van der Waals surface area (Å²) < 4.78 is 5.57. The van der Waals surface area contributed by atoms with Crippen molar-refractivity contribution >= 4 is 11.6 Å². The fourth-order valence-corrected chi connectivity index (χ4v) is 1.78. The van der Waals surface area contributed by atoms with Gasteiger partial charge in [0.15, 0.2) is 0 Å². The molecule has 2 rings (SSSR count). The zero-order valence-corrected chi connectivity index (χ0v) is 11.0. The topological polar surface area (TPSA) is 76.4 Å². The lowest BCUT2D eigenvalue weighted by Crippen LogP contribution is -2.30. The number of rotatable bonds is 6. The van der Waals surface area contributed by atoms with E-state index >= 15 is 0 Å². The molecule has 20 heavy (non-hydrogen) atoms. The quantitative estimate of drug-likeness (QED) is 0.324. The largest absolute Gasteiger partial charge is 0.492 e. The lowest BCUT2D eigenvalue weighted by Gasteiger charge is -2.11. The van der Waals surface area contributed by atoms with Gasteiger partial charge in [0.05, 0.1) is 5.56 Å².